The molecule has 0 unspecified atom stereocenters. The summed E-state index contributed by atoms with van der Waals surface area (Å²) in [5.74, 6) is 0.353. The van der Waals surface area contributed by atoms with Gasteiger partial charge in [0.15, 0.2) is 0 Å². The number of nitrogens with zero attached hydrogens (tertiary/aromatic N) is 2. The van der Waals surface area contributed by atoms with Crippen molar-refractivity contribution in [3.63, 3.8) is 0 Å². The van der Waals surface area contributed by atoms with Gasteiger partial charge in [-0.25, -0.2) is 0 Å². The Labute approximate surface area is 264 Å². The Morgan fingerprint density at radius 2 is 0.778 bits per heavy atom. The van der Waals surface area contributed by atoms with Crippen LogP contribution in [0.4, 0.5) is 34.1 Å². The Balaban J connectivity index is 1.47. The third kappa shape index (κ3) is 4.58. The summed E-state index contributed by atoms with van der Waals surface area (Å²) in [6.45, 7) is 4.62. The molecule has 0 fully saturated rings. The van der Waals surface area contributed by atoms with E-state index in [-0.39, 0.29) is 0 Å². The van der Waals surface area contributed by atoms with Gasteiger partial charge in [0, 0.05) is 33.5 Å². The van der Waals surface area contributed by atoms with Gasteiger partial charge < -0.3 is 9.80 Å². The topological polar surface area (TPSA) is 6.48 Å². The number of anilines is 6. The van der Waals surface area contributed by atoms with Gasteiger partial charge in [-0.3, -0.25) is 0 Å². The summed E-state index contributed by atoms with van der Waals surface area (Å²) in [4.78, 5) is 4.80. The molecule has 0 N–H and O–H groups in total. The Morgan fingerprint density at radius 3 is 1.27 bits per heavy atom. The zero-order valence-electron chi connectivity index (χ0n) is 25.6. The largest absolute Gasteiger partial charge is 0.310 e. The standard InChI is InChI=1S/C43H34N2/c1-30(2)39-29-41(45(34-19-11-5-12-20-34)35-21-13-6-14-22-35)38-25-23-31-24-28-40(37-27-26-36(39)43(38)42(31)37)44(32-15-7-3-8-16-32)33-17-9-4-10-18-33/h3-30H,1-2H3. The van der Waals surface area contributed by atoms with Gasteiger partial charge in [-0.15, -0.1) is 0 Å². The average Bonchev–Trinajstić information content (AvgIpc) is 3.10. The summed E-state index contributed by atoms with van der Waals surface area (Å²) in [5, 5.41) is 7.71. The van der Waals surface area contributed by atoms with Gasteiger partial charge >= 0.3 is 0 Å². The minimum atomic E-state index is 0.353. The molecule has 0 bridgehead atoms. The highest BCUT2D eigenvalue weighted by Gasteiger charge is 2.23. The highest BCUT2D eigenvalue weighted by molar-refractivity contribution is 6.28. The van der Waals surface area contributed by atoms with E-state index in [0.717, 1.165) is 22.7 Å². The van der Waals surface area contributed by atoms with Crippen LogP contribution in [-0.2, 0) is 0 Å². The van der Waals surface area contributed by atoms with Gasteiger partial charge in [-0.1, -0.05) is 117 Å². The average molecular weight is 579 g/mol. The smallest absolute Gasteiger partial charge is 0.0543 e. The van der Waals surface area contributed by atoms with E-state index in [4.69, 9.17) is 0 Å². The van der Waals surface area contributed by atoms with E-state index in [1.165, 1.54) is 49.3 Å². The van der Waals surface area contributed by atoms with Crippen LogP contribution in [0.5, 0.6) is 0 Å². The number of benzene rings is 8. The van der Waals surface area contributed by atoms with Crippen LogP contribution >= 0.6 is 0 Å². The minimum Gasteiger partial charge on any atom is -0.310 e. The maximum atomic E-state index is 2.42. The van der Waals surface area contributed by atoms with Gasteiger partial charge in [0.1, 0.15) is 0 Å². The third-order valence-corrected chi connectivity index (χ3v) is 8.93. The Kier molecular flexibility index (Phi) is 6.69. The van der Waals surface area contributed by atoms with Gasteiger partial charge in [0.25, 0.3) is 0 Å². The van der Waals surface area contributed by atoms with Crippen molar-refractivity contribution in [3.05, 3.63) is 169 Å². The van der Waals surface area contributed by atoms with Crippen LogP contribution in [0.2, 0.25) is 0 Å². The SMILES string of the molecule is CC(C)c1cc(N(c2ccccc2)c2ccccc2)c2ccc3ccc(N(c4ccccc4)c4ccccc4)c4ccc1c2c34. The van der Waals surface area contributed by atoms with Crippen LogP contribution in [0.3, 0.4) is 0 Å². The first-order valence-electron chi connectivity index (χ1n) is 15.7. The molecule has 45 heavy (non-hydrogen) atoms. The summed E-state index contributed by atoms with van der Waals surface area (Å²) < 4.78 is 0. The fourth-order valence-corrected chi connectivity index (χ4v) is 6.91. The maximum absolute atomic E-state index is 2.42. The van der Waals surface area contributed by atoms with Gasteiger partial charge in [-0.2, -0.15) is 0 Å². The first-order chi connectivity index (χ1) is 22.2. The number of para-hydroxylation sites is 4. The van der Waals surface area contributed by atoms with E-state index in [1.54, 1.807) is 0 Å². The van der Waals surface area contributed by atoms with Crippen molar-refractivity contribution in [3.8, 4) is 0 Å². The molecule has 0 amide bonds. The Hall–Kier alpha value is -5.60. The second-order valence-electron chi connectivity index (χ2n) is 12.0. The normalized spacial score (nSPS) is 11.5. The molecule has 8 aromatic carbocycles. The fourth-order valence-electron chi connectivity index (χ4n) is 6.91. The van der Waals surface area contributed by atoms with Crippen molar-refractivity contribution < 1.29 is 0 Å². The lowest BCUT2D eigenvalue weighted by atomic mass is 9.86. The fraction of sp³-hybridized carbons (Fsp3) is 0.0698. The van der Waals surface area contributed by atoms with Crippen LogP contribution in [0.25, 0.3) is 32.3 Å². The monoisotopic (exact) mass is 578 g/mol. The molecule has 2 heteroatoms. The number of hydrogen-bond donors (Lipinski definition) is 0. The van der Waals surface area contributed by atoms with E-state index in [1.807, 2.05) is 0 Å². The van der Waals surface area contributed by atoms with E-state index in [2.05, 4.69) is 187 Å². The molecule has 0 aliphatic heterocycles. The van der Waals surface area contributed by atoms with Gasteiger partial charge in [0.05, 0.1) is 11.4 Å². The van der Waals surface area contributed by atoms with E-state index in [9.17, 15) is 0 Å². The molecule has 0 saturated heterocycles. The van der Waals surface area contributed by atoms with Crippen molar-refractivity contribution in [1.29, 1.82) is 0 Å². The molecule has 0 atom stereocenters. The van der Waals surface area contributed by atoms with Crippen LogP contribution in [0.15, 0.2) is 164 Å². The van der Waals surface area contributed by atoms with Crippen molar-refractivity contribution in [2.45, 2.75) is 19.8 Å². The molecule has 8 aromatic rings. The predicted molar refractivity (Wildman–Crippen MR) is 194 cm³/mol. The van der Waals surface area contributed by atoms with Crippen molar-refractivity contribution in [2.75, 3.05) is 9.80 Å². The minimum absolute atomic E-state index is 0.353. The quantitative estimate of drug-likeness (QED) is 0.174. The third-order valence-electron chi connectivity index (χ3n) is 8.93. The van der Waals surface area contributed by atoms with Gasteiger partial charge in [0.2, 0.25) is 0 Å². The maximum Gasteiger partial charge on any atom is 0.0543 e. The predicted octanol–water partition coefficient (Wildman–Crippen LogP) is 12.6. The molecule has 0 radical (unpaired) electrons. The van der Waals surface area contributed by atoms with Gasteiger partial charge in [-0.05, 0) is 93.7 Å². The Bertz CT molecular complexity index is 2150. The van der Waals surface area contributed by atoms with Crippen LogP contribution in [0, 0.1) is 0 Å². The molecule has 0 aliphatic rings. The Morgan fingerprint density at radius 1 is 0.378 bits per heavy atom. The van der Waals surface area contributed by atoms with Crippen LogP contribution < -0.4 is 9.80 Å². The second-order valence-corrected chi connectivity index (χ2v) is 12.0. The van der Waals surface area contributed by atoms with Crippen molar-refractivity contribution in [2.24, 2.45) is 0 Å². The van der Waals surface area contributed by atoms with Crippen molar-refractivity contribution >= 4 is 66.4 Å². The van der Waals surface area contributed by atoms with Crippen molar-refractivity contribution in [1.82, 2.24) is 0 Å². The lowest BCUT2D eigenvalue weighted by Gasteiger charge is -2.30. The molecule has 0 aromatic heterocycles. The molecule has 8 rings (SSSR count). The van der Waals surface area contributed by atoms with Crippen LogP contribution in [0.1, 0.15) is 25.3 Å². The molecular formula is C43H34N2. The lowest BCUT2D eigenvalue weighted by Crippen LogP contribution is -2.12. The summed E-state index contributed by atoms with van der Waals surface area (Å²) in [7, 11) is 0. The first kappa shape index (κ1) is 27.0. The molecule has 216 valence electrons. The summed E-state index contributed by atoms with van der Waals surface area (Å²) in [6.07, 6.45) is 0. The second kappa shape index (κ2) is 11.2. The molecule has 0 heterocycles. The zero-order valence-corrected chi connectivity index (χ0v) is 25.6. The van der Waals surface area contributed by atoms with E-state index in [0.29, 0.717) is 5.92 Å². The highest BCUT2D eigenvalue weighted by atomic mass is 15.1. The molecular weight excluding hydrogens is 544 g/mol. The molecule has 0 spiro atoms. The molecule has 0 aliphatic carbocycles. The summed E-state index contributed by atoms with van der Waals surface area (Å²) in [6, 6.07) is 59.2. The van der Waals surface area contributed by atoms with E-state index >= 15 is 0 Å². The zero-order chi connectivity index (χ0) is 30.3. The lowest BCUT2D eigenvalue weighted by molar-refractivity contribution is 0.876. The van der Waals surface area contributed by atoms with E-state index < -0.39 is 0 Å². The molecule has 2 nitrogen and oxygen atoms in total. The van der Waals surface area contributed by atoms with Crippen LogP contribution in [-0.4, -0.2) is 0 Å². The number of hydrogen-bond acceptors (Lipinski definition) is 2. The summed E-state index contributed by atoms with van der Waals surface area (Å²) >= 11 is 0. The highest BCUT2D eigenvalue weighted by Crippen LogP contribution is 2.49. The first-order valence-corrected chi connectivity index (χ1v) is 15.7. The molecule has 0 saturated carbocycles. The summed E-state index contributed by atoms with van der Waals surface area (Å²) in [5.41, 5.74) is 8.31. The number of rotatable bonds is 7.